The Morgan fingerprint density at radius 3 is 2.88 bits per heavy atom. The van der Waals surface area contributed by atoms with Crippen molar-refractivity contribution in [2.24, 2.45) is 0 Å². The molecule has 16 heavy (non-hydrogen) atoms. The lowest BCUT2D eigenvalue weighted by Crippen LogP contribution is -2.14. The van der Waals surface area contributed by atoms with Gasteiger partial charge in [-0.3, -0.25) is 0 Å². The van der Waals surface area contributed by atoms with E-state index in [1.807, 2.05) is 30.3 Å². The molecule has 4 heteroatoms. The lowest BCUT2D eigenvalue weighted by Gasteiger charge is -2.05. The number of nitrogens with one attached hydrogen (secondary N) is 1. The summed E-state index contributed by atoms with van der Waals surface area (Å²) in [6.45, 7) is 1.44. The molecule has 1 N–H and O–H groups in total. The first kappa shape index (κ1) is 12.0. The summed E-state index contributed by atoms with van der Waals surface area (Å²) in [6, 6.07) is 11.5. The van der Waals surface area contributed by atoms with Gasteiger partial charge in [-0.2, -0.15) is 10.5 Å². The van der Waals surface area contributed by atoms with Crippen LogP contribution in [0.5, 0.6) is 5.75 Å². The van der Waals surface area contributed by atoms with E-state index < -0.39 is 0 Å². The molecule has 0 aliphatic carbocycles. The maximum Gasteiger partial charge on any atom is 0.174 e. The number of rotatable bonds is 6. The molecule has 0 aliphatic rings. The molecular formula is C12H13N3O. The topological polar surface area (TPSA) is 68.8 Å². The average Bonchev–Trinajstić information content (AvgIpc) is 2.33. The molecule has 82 valence electrons. The van der Waals surface area contributed by atoms with Crippen LogP contribution in [0, 0.1) is 22.7 Å². The van der Waals surface area contributed by atoms with Gasteiger partial charge in [0.15, 0.2) is 6.61 Å². The molecule has 0 atom stereocenters. The van der Waals surface area contributed by atoms with Crippen LogP contribution in [0.25, 0.3) is 0 Å². The van der Waals surface area contributed by atoms with Crippen LogP contribution in [0.3, 0.4) is 0 Å². The van der Waals surface area contributed by atoms with Crippen molar-refractivity contribution in [3.63, 3.8) is 0 Å². The molecule has 0 fully saturated rings. The van der Waals surface area contributed by atoms with Crippen molar-refractivity contribution in [1.82, 2.24) is 5.32 Å². The molecule has 1 aromatic carbocycles. The summed E-state index contributed by atoms with van der Waals surface area (Å²) in [5.41, 5.74) is 1.08. The van der Waals surface area contributed by atoms with E-state index in [4.69, 9.17) is 15.3 Å². The SMILES string of the molecule is N#CCCNCc1cccc(OCC#N)c1. The Hall–Kier alpha value is -2.04. The summed E-state index contributed by atoms with van der Waals surface area (Å²) < 4.78 is 5.18. The maximum absolute atomic E-state index is 8.38. The summed E-state index contributed by atoms with van der Waals surface area (Å²) in [7, 11) is 0. The minimum atomic E-state index is 0.0608. The third-order valence-electron chi connectivity index (χ3n) is 1.94. The molecule has 1 aromatic rings. The number of hydrogen-bond acceptors (Lipinski definition) is 4. The van der Waals surface area contributed by atoms with Gasteiger partial charge in [-0.1, -0.05) is 12.1 Å². The summed E-state index contributed by atoms with van der Waals surface area (Å²) in [5, 5.41) is 19.9. The molecule has 0 saturated heterocycles. The van der Waals surface area contributed by atoms with E-state index in [1.165, 1.54) is 0 Å². The van der Waals surface area contributed by atoms with Gasteiger partial charge in [0.25, 0.3) is 0 Å². The number of benzene rings is 1. The van der Waals surface area contributed by atoms with Crippen LogP contribution in [0.2, 0.25) is 0 Å². The van der Waals surface area contributed by atoms with E-state index in [9.17, 15) is 0 Å². The zero-order chi connectivity index (χ0) is 11.6. The zero-order valence-electron chi connectivity index (χ0n) is 8.94. The second kappa shape index (κ2) is 7.28. The van der Waals surface area contributed by atoms with Crippen molar-refractivity contribution in [3.05, 3.63) is 29.8 Å². The van der Waals surface area contributed by atoms with Crippen molar-refractivity contribution < 1.29 is 4.74 Å². The van der Waals surface area contributed by atoms with E-state index >= 15 is 0 Å². The number of hydrogen-bond donors (Lipinski definition) is 1. The van der Waals surface area contributed by atoms with E-state index in [0.29, 0.717) is 25.3 Å². The fraction of sp³-hybridized carbons (Fsp3) is 0.333. The van der Waals surface area contributed by atoms with Crippen molar-refractivity contribution in [1.29, 1.82) is 10.5 Å². The third kappa shape index (κ3) is 4.45. The van der Waals surface area contributed by atoms with Crippen molar-refractivity contribution in [2.45, 2.75) is 13.0 Å². The predicted molar refractivity (Wildman–Crippen MR) is 59.5 cm³/mol. The normalized spacial score (nSPS) is 9.12. The molecule has 0 spiro atoms. The number of nitrogens with zero attached hydrogens (tertiary/aromatic N) is 2. The Kier molecular flexibility index (Phi) is 5.47. The Bertz CT molecular complexity index is 403. The monoisotopic (exact) mass is 215 g/mol. The third-order valence-corrected chi connectivity index (χ3v) is 1.94. The molecule has 0 saturated carbocycles. The molecule has 4 nitrogen and oxygen atoms in total. The molecule has 0 aliphatic heterocycles. The second-order valence-corrected chi connectivity index (χ2v) is 3.18. The largest absolute Gasteiger partial charge is 0.479 e. The Morgan fingerprint density at radius 2 is 2.12 bits per heavy atom. The highest BCUT2D eigenvalue weighted by Gasteiger charge is 1.96. The summed E-state index contributed by atoms with van der Waals surface area (Å²) in [6.07, 6.45) is 0.505. The first-order valence-corrected chi connectivity index (χ1v) is 5.03. The molecule has 1 rings (SSSR count). The van der Waals surface area contributed by atoms with E-state index in [-0.39, 0.29) is 6.61 Å². The fourth-order valence-corrected chi connectivity index (χ4v) is 1.24. The molecule has 0 radical (unpaired) electrons. The Balaban J connectivity index is 2.42. The standard InChI is InChI=1S/C12H13N3O/c13-5-2-7-15-10-11-3-1-4-12(9-11)16-8-6-14/h1,3-4,9,15H,2,7-8,10H2. The van der Waals surface area contributed by atoms with Crippen LogP contribution < -0.4 is 10.1 Å². The lowest BCUT2D eigenvalue weighted by molar-refractivity contribution is 0.367. The molecule has 0 aromatic heterocycles. The van der Waals surface area contributed by atoms with Crippen LogP contribution in [-0.4, -0.2) is 13.2 Å². The minimum absolute atomic E-state index is 0.0608. The first-order chi connectivity index (χ1) is 7.86. The van der Waals surface area contributed by atoms with Crippen LogP contribution >= 0.6 is 0 Å². The van der Waals surface area contributed by atoms with Crippen molar-refractivity contribution in [2.75, 3.05) is 13.2 Å². The predicted octanol–water partition coefficient (Wildman–Crippen LogP) is 1.59. The van der Waals surface area contributed by atoms with Crippen LogP contribution in [-0.2, 0) is 6.54 Å². The quantitative estimate of drug-likeness (QED) is 0.732. The summed E-state index contributed by atoms with van der Waals surface area (Å²) >= 11 is 0. The highest BCUT2D eigenvalue weighted by Crippen LogP contribution is 2.12. The van der Waals surface area contributed by atoms with Gasteiger partial charge in [0.1, 0.15) is 11.8 Å². The first-order valence-electron chi connectivity index (χ1n) is 5.03. The molecule has 0 bridgehead atoms. The van der Waals surface area contributed by atoms with E-state index in [0.717, 1.165) is 5.56 Å². The molecule has 0 amide bonds. The molecule has 0 heterocycles. The van der Waals surface area contributed by atoms with Gasteiger partial charge < -0.3 is 10.1 Å². The van der Waals surface area contributed by atoms with Crippen molar-refractivity contribution >= 4 is 0 Å². The Labute approximate surface area is 95.1 Å². The van der Waals surface area contributed by atoms with Gasteiger partial charge in [0.2, 0.25) is 0 Å². The highest BCUT2D eigenvalue weighted by atomic mass is 16.5. The zero-order valence-corrected chi connectivity index (χ0v) is 8.94. The fourth-order valence-electron chi connectivity index (χ4n) is 1.24. The highest BCUT2D eigenvalue weighted by molar-refractivity contribution is 5.28. The van der Waals surface area contributed by atoms with Crippen LogP contribution in [0.15, 0.2) is 24.3 Å². The maximum atomic E-state index is 8.38. The smallest absolute Gasteiger partial charge is 0.174 e. The van der Waals surface area contributed by atoms with E-state index in [2.05, 4.69) is 11.4 Å². The van der Waals surface area contributed by atoms with Gasteiger partial charge in [-0.15, -0.1) is 0 Å². The summed E-state index contributed by atoms with van der Waals surface area (Å²) in [5.74, 6) is 0.695. The Morgan fingerprint density at radius 1 is 1.25 bits per heavy atom. The lowest BCUT2D eigenvalue weighted by atomic mass is 10.2. The van der Waals surface area contributed by atoms with Crippen molar-refractivity contribution in [3.8, 4) is 17.9 Å². The van der Waals surface area contributed by atoms with Gasteiger partial charge in [0.05, 0.1) is 6.07 Å². The molecule has 0 unspecified atom stereocenters. The second-order valence-electron chi connectivity index (χ2n) is 3.18. The number of nitriles is 2. The molecular weight excluding hydrogens is 202 g/mol. The van der Waals surface area contributed by atoms with Gasteiger partial charge in [-0.05, 0) is 17.7 Å². The van der Waals surface area contributed by atoms with Gasteiger partial charge in [-0.25, -0.2) is 0 Å². The average molecular weight is 215 g/mol. The van der Waals surface area contributed by atoms with Crippen LogP contribution in [0.4, 0.5) is 0 Å². The number of ether oxygens (including phenoxy) is 1. The van der Waals surface area contributed by atoms with Gasteiger partial charge >= 0.3 is 0 Å². The minimum Gasteiger partial charge on any atom is -0.479 e. The van der Waals surface area contributed by atoms with E-state index in [1.54, 1.807) is 0 Å². The summed E-state index contributed by atoms with van der Waals surface area (Å²) in [4.78, 5) is 0. The van der Waals surface area contributed by atoms with Crippen LogP contribution in [0.1, 0.15) is 12.0 Å². The van der Waals surface area contributed by atoms with Gasteiger partial charge in [0, 0.05) is 19.5 Å².